The van der Waals surface area contributed by atoms with Crippen molar-refractivity contribution in [1.82, 2.24) is 19.7 Å². The second-order valence-electron chi connectivity index (χ2n) is 8.88. The molecule has 0 radical (unpaired) electrons. The number of nitrogens with one attached hydrogen (secondary N) is 1. The zero-order valence-electron chi connectivity index (χ0n) is 18.6. The van der Waals surface area contributed by atoms with Gasteiger partial charge in [-0.05, 0) is 55.6 Å². The van der Waals surface area contributed by atoms with Gasteiger partial charge in [-0.2, -0.15) is 0 Å². The first kappa shape index (κ1) is 23.0. The van der Waals surface area contributed by atoms with Crippen LogP contribution in [0, 0.1) is 12.4 Å². The summed E-state index contributed by atoms with van der Waals surface area (Å²) in [6, 6.07) is 4.47. The first-order valence-corrected chi connectivity index (χ1v) is 11.4. The van der Waals surface area contributed by atoms with E-state index in [-0.39, 0.29) is 11.7 Å². The van der Waals surface area contributed by atoms with E-state index in [1.54, 1.807) is 12.3 Å². The molecule has 4 rings (SSSR count). The summed E-state index contributed by atoms with van der Waals surface area (Å²) in [4.78, 5) is 26.7. The van der Waals surface area contributed by atoms with E-state index in [4.69, 9.17) is 16.3 Å². The number of nitrogens with zero attached hydrogens (tertiary/aromatic N) is 5. The van der Waals surface area contributed by atoms with Crippen molar-refractivity contribution >= 4 is 39.3 Å². The molecule has 1 saturated heterocycles. The Kier molecular flexibility index (Phi) is 6.26. The van der Waals surface area contributed by atoms with Crippen LogP contribution in [-0.4, -0.2) is 45.2 Å². The second-order valence-corrected chi connectivity index (χ2v) is 9.67. The Morgan fingerprint density at radius 3 is 2.70 bits per heavy atom. The Labute approximate surface area is 199 Å². The molecule has 33 heavy (non-hydrogen) atoms. The minimum absolute atomic E-state index is 0.0135. The third-order valence-electron chi connectivity index (χ3n) is 5.31. The minimum Gasteiger partial charge on any atom is -0.444 e. The second kappa shape index (κ2) is 8.98. The monoisotopic (exact) mass is 514 g/mol. The van der Waals surface area contributed by atoms with E-state index >= 15 is 0 Å². The van der Waals surface area contributed by atoms with Gasteiger partial charge < -0.3 is 15.0 Å². The largest absolute Gasteiger partial charge is 0.444 e. The van der Waals surface area contributed by atoms with E-state index in [0.29, 0.717) is 40.4 Å². The number of hydrogen-bond acceptors (Lipinski definition) is 5. The first-order chi connectivity index (χ1) is 15.7. The molecule has 0 bridgehead atoms. The third-order valence-corrected chi connectivity index (χ3v) is 6.04. The van der Waals surface area contributed by atoms with Crippen molar-refractivity contribution in [3.05, 3.63) is 52.3 Å². The zero-order chi connectivity index (χ0) is 23.8. The maximum Gasteiger partial charge on any atom is 0.407 e. The predicted molar refractivity (Wildman–Crippen MR) is 127 cm³/mol. The molecular weight excluding hydrogens is 491 g/mol. The molecule has 8 nitrogen and oxygen atoms in total. The van der Waals surface area contributed by atoms with Gasteiger partial charge in [0.15, 0.2) is 5.65 Å². The van der Waals surface area contributed by atoms with Crippen LogP contribution in [0.4, 0.5) is 20.8 Å². The van der Waals surface area contributed by atoms with E-state index in [9.17, 15) is 9.18 Å². The third kappa shape index (κ3) is 4.93. The zero-order valence-corrected chi connectivity index (χ0v) is 20.2. The average Bonchev–Trinajstić information content (AvgIpc) is 3.24. The van der Waals surface area contributed by atoms with Gasteiger partial charge in [0.05, 0.1) is 16.7 Å². The summed E-state index contributed by atoms with van der Waals surface area (Å²) in [6.45, 7) is 13.9. The Hall–Kier alpha value is -3.19. The van der Waals surface area contributed by atoms with Gasteiger partial charge in [-0.15, -0.1) is 0 Å². The number of rotatable bonds is 3. The van der Waals surface area contributed by atoms with Crippen LogP contribution in [0.1, 0.15) is 33.6 Å². The molecule has 3 heterocycles. The Balaban J connectivity index is 1.59. The van der Waals surface area contributed by atoms with E-state index < -0.39 is 17.5 Å². The van der Waals surface area contributed by atoms with Crippen molar-refractivity contribution in [3.8, 4) is 11.3 Å². The van der Waals surface area contributed by atoms with Gasteiger partial charge in [0.2, 0.25) is 11.6 Å². The molecule has 3 aromatic rings. The molecule has 172 valence electrons. The lowest BCUT2D eigenvalue weighted by Crippen LogP contribution is -2.46. The van der Waals surface area contributed by atoms with Gasteiger partial charge in [-0.1, -0.05) is 12.1 Å². The van der Waals surface area contributed by atoms with Crippen molar-refractivity contribution in [1.29, 1.82) is 0 Å². The number of fused-ring (bicyclic) bond motifs is 1. The smallest absolute Gasteiger partial charge is 0.407 e. The number of aromatic nitrogens is 3. The highest BCUT2D eigenvalue weighted by molar-refractivity contribution is 9.10. The van der Waals surface area contributed by atoms with Crippen LogP contribution in [0.2, 0.25) is 0 Å². The molecule has 1 fully saturated rings. The normalized spacial score (nSPS) is 14.8. The molecule has 1 N–H and O–H groups in total. The van der Waals surface area contributed by atoms with Crippen molar-refractivity contribution in [3.63, 3.8) is 0 Å². The number of imidazole rings is 1. The number of alkyl carbamates (subject to hydrolysis) is 1. The molecule has 1 amide bonds. The quantitative estimate of drug-likeness (QED) is 0.477. The standard InChI is InChI=1S/C23H24BrFN6O2/c1-23(2,3)33-22(32)28-15-7-10-30(11-8-15)21-29-19(18(24)20-27-9-12-31(20)21)14-5-6-17(26-4)16(25)13-14/h5-6,9,12-13,15H,7-8,10-11H2,1-3H3,(H,28,32). The molecule has 0 aliphatic carbocycles. The summed E-state index contributed by atoms with van der Waals surface area (Å²) >= 11 is 3.57. The number of hydrogen-bond donors (Lipinski definition) is 1. The highest BCUT2D eigenvalue weighted by atomic mass is 79.9. The molecule has 0 spiro atoms. The lowest BCUT2D eigenvalue weighted by Gasteiger charge is -2.34. The fourth-order valence-electron chi connectivity index (χ4n) is 3.79. The van der Waals surface area contributed by atoms with Crippen molar-refractivity contribution in [2.75, 3.05) is 18.0 Å². The summed E-state index contributed by atoms with van der Waals surface area (Å²) in [5.74, 6) is 0.0982. The summed E-state index contributed by atoms with van der Waals surface area (Å²) in [5.41, 5.74) is 1.20. The Morgan fingerprint density at radius 2 is 2.06 bits per heavy atom. The van der Waals surface area contributed by atoms with Crippen LogP contribution in [0.5, 0.6) is 0 Å². The van der Waals surface area contributed by atoms with Gasteiger partial charge in [0.25, 0.3) is 0 Å². The Bertz CT molecular complexity index is 1240. The molecule has 0 atom stereocenters. The highest BCUT2D eigenvalue weighted by Gasteiger charge is 2.26. The topological polar surface area (TPSA) is 76.1 Å². The average molecular weight is 515 g/mol. The molecule has 10 heteroatoms. The van der Waals surface area contributed by atoms with Crippen LogP contribution < -0.4 is 10.2 Å². The van der Waals surface area contributed by atoms with Gasteiger partial charge in [-0.3, -0.25) is 4.40 Å². The van der Waals surface area contributed by atoms with Gasteiger partial charge in [0, 0.05) is 37.1 Å². The van der Waals surface area contributed by atoms with Gasteiger partial charge in [0.1, 0.15) is 11.4 Å². The number of amides is 1. The summed E-state index contributed by atoms with van der Waals surface area (Å²) < 4.78 is 22.2. The maximum absolute atomic E-state index is 14.3. The summed E-state index contributed by atoms with van der Waals surface area (Å²) in [7, 11) is 0. The molecule has 1 aliphatic heterocycles. The van der Waals surface area contributed by atoms with Crippen LogP contribution in [-0.2, 0) is 4.74 Å². The van der Waals surface area contributed by atoms with E-state index in [1.165, 1.54) is 12.1 Å². The number of anilines is 1. The van der Waals surface area contributed by atoms with E-state index in [2.05, 4.69) is 36.0 Å². The fourth-order valence-corrected chi connectivity index (χ4v) is 4.40. The van der Waals surface area contributed by atoms with Crippen molar-refractivity contribution < 1.29 is 13.9 Å². The predicted octanol–water partition coefficient (Wildman–Crippen LogP) is 5.34. The van der Waals surface area contributed by atoms with E-state index in [1.807, 2.05) is 31.4 Å². The SMILES string of the molecule is [C-]#[N+]c1ccc(-c2nc(N3CCC(NC(=O)OC(C)(C)C)CC3)n3ccnc3c2Br)cc1F. The van der Waals surface area contributed by atoms with Gasteiger partial charge in [-0.25, -0.2) is 24.0 Å². The highest BCUT2D eigenvalue weighted by Crippen LogP contribution is 2.34. The number of carbonyl (C=O) groups excluding carboxylic acids is 1. The van der Waals surface area contributed by atoms with Crippen LogP contribution in [0.3, 0.4) is 0 Å². The Morgan fingerprint density at radius 1 is 1.33 bits per heavy atom. The van der Waals surface area contributed by atoms with Crippen LogP contribution >= 0.6 is 15.9 Å². The van der Waals surface area contributed by atoms with Crippen molar-refractivity contribution in [2.24, 2.45) is 0 Å². The van der Waals surface area contributed by atoms with E-state index in [0.717, 1.165) is 12.8 Å². The maximum atomic E-state index is 14.3. The van der Waals surface area contributed by atoms with Crippen LogP contribution in [0.15, 0.2) is 35.1 Å². The lowest BCUT2D eigenvalue weighted by molar-refractivity contribution is 0.0497. The fraction of sp³-hybridized carbons (Fsp3) is 0.391. The van der Waals surface area contributed by atoms with Crippen LogP contribution in [0.25, 0.3) is 21.7 Å². The number of carbonyl (C=O) groups is 1. The molecule has 1 aliphatic rings. The summed E-state index contributed by atoms with van der Waals surface area (Å²) in [5, 5.41) is 2.94. The van der Waals surface area contributed by atoms with Gasteiger partial charge >= 0.3 is 6.09 Å². The van der Waals surface area contributed by atoms with Crippen molar-refractivity contribution in [2.45, 2.75) is 45.3 Å². The molecule has 0 unspecified atom stereocenters. The lowest BCUT2D eigenvalue weighted by atomic mass is 10.1. The molecule has 2 aromatic heterocycles. The number of piperidine rings is 1. The molecule has 1 aromatic carbocycles. The molecule has 0 saturated carbocycles. The first-order valence-electron chi connectivity index (χ1n) is 10.6. The number of halogens is 2. The summed E-state index contributed by atoms with van der Waals surface area (Å²) in [6.07, 6.45) is 4.58. The molecular formula is C23H24BrFN6O2. The number of benzene rings is 1. The number of ether oxygens (including phenoxy) is 1. The minimum atomic E-state index is -0.588.